The monoisotopic (exact) mass is 328 g/mol. The number of aliphatic hydroxyl groups excluding tert-OH is 1. The van der Waals surface area contributed by atoms with Gasteiger partial charge in [-0.3, -0.25) is 0 Å². The second-order valence-electron chi connectivity index (χ2n) is 5.37. The molecule has 0 radical (unpaired) electrons. The Kier molecular flexibility index (Phi) is 6.83. The van der Waals surface area contributed by atoms with Gasteiger partial charge in [-0.1, -0.05) is 35.8 Å². The van der Waals surface area contributed by atoms with Crippen LogP contribution in [0, 0.1) is 0 Å². The molecule has 1 aromatic carbocycles. The van der Waals surface area contributed by atoms with Gasteiger partial charge in [0, 0.05) is 36.3 Å². The highest BCUT2D eigenvalue weighted by Gasteiger charge is 2.09. The summed E-state index contributed by atoms with van der Waals surface area (Å²) >= 11 is 3.53. The van der Waals surface area contributed by atoms with Gasteiger partial charge in [0.05, 0.1) is 6.10 Å². The minimum absolute atomic E-state index is 0.258. The van der Waals surface area contributed by atoms with Crippen LogP contribution >= 0.6 is 15.9 Å². The number of anilines is 1. The van der Waals surface area contributed by atoms with Crippen molar-refractivity contribution in [3.8, 4) is 0 Å². The molecular formula is C15H25BrN2O. The molecule has 0 aliphatic heterocycles. The van der Waals surface area contributed by atoms with Crippen LogP contribution in [0.25, 0.3) is 0 Å². The maximum atomic E-state index is 9.40. The van der Waals surface area contributed by atoms with Gasteiger partial charge in [-0.25, -0.2) is 0 Å². The molecule has 0 saturated carbocycles. The lowest BCUT2D eigenvalue weighted by Gasteiger charge is -2.24. The summed E-state index contributed by atoms with van der Waals surface area (Å²) in [5.41, 5.74) is 2.49. The van der Waals surface area contributed by atoms with E-state index in [2.05, 4.69) is 65.2 Å². The largest absolute Gasteiger partial charge is 0.393 e. The Morgan fingerprint density at radius 2 is 2.00 bits per heavy atom. The van der Waals surface area contributed by atoms with Gasteiger partial charge in [0.1, 0.15) is 0 Å². The number of hydrogen-bond acceptors (Lipinski definition) is 3. The predicted octanol–water partition coefficient (Wildman–Crippen LogP) is 3.15. The van der Waals surface area contributed by atoms with E-state index in [-0.39, 0.29) is 6.10 Å². The van der Waals surface area contributed by atoms with Crippen LogP contribution in [-0.2, 0) is 6.54 Å². The van der Waals surface area contributed by atoms with E-state index in [0.29, 0.717) is 6.04 Å². The summed E-state index contributed by atoms with van der Waals surface area (Å²) in [6, 6.07) is 6.83. The Hall–Kier alpha value is -0.580. The fourth-order valence-electron chi connectivity index (χ4n) is 1.86. The van der Waals surface area contributed by atoms with Gasteiger partial charge in [0.25, 0.3) is 0 Å². The van der Waals surface area contributed by atoms with Crippen LogP contribution in [-0.4, -0.2) is 30.8 Å². The lowest BCUT2D eigenvalue weighted by Crippen LogP contribution is -2.26. The van der Waals surface area contributed by atoms with Crippen LogP contribution in [0.1, 0.15) is 32.8 Å². The first-order chi connectivity index (χ1) is 8.90. The third kappa shape index (κ3) is 5.93. The predicted molar refractivity (Wildman–Crippen MR) is 85.7 cm³/mol. The molecule has 0 fully saturated rings. The summed E-state index contributed by atoms with van der Waals surface area (Å²) in [5.74, 6) is 0. The van der Waals surface area contributed by atoms with Crippen molar-refractivity contribution in [2.75, 3.05) is 18.5 Å². The normalized spacial score (nSPS) is 12.8. The van der Waals surface area contributed by atoms with Gasteiger partial charge in [0.2, 0.25) is 0 Å². The quantitative estimate of drug-likeness (QED) is 0.807. The van der Waals surface area contributed by atoms with E-state index in [1.54, 1.807) is 0 Å². The maximum absolute atomic E-state index is 9.40. The van der Waals surface area contributed by atoms with Crippen molar-refractivity contribution in [1.29, 1.82) is 0 Å². The molecule has 1 atom stereocenters. The van der Waals surface area contributed by atoms with Gasteiger partial charge in [-0.15, -0.1) is 0 Å². The van der Waals surface area contributed by atoms with Crippen molar-refractivity contribution in [3.05, 3.63) is 28.2 Å². The molecule has 1 rings (SSSR count). The van der Waals surface area contributed by atoms with Crippen molar-refractivity contribution in [2.45, 2.75) is 45.9 Å². The number of benzene rings is 1. The van der Waals surface area contributed by atoms with E-state index in [4.69, 9.17) is 0 Å². The van der Waals surface area contributed by atoms with Crippen LogP contribution in [0.3, 0.4) is 0 Å². The number of hydrogen-bond donors (Lipinski definition) is 2. The molecule has 0 spiro atoms. The van der Waals surface area contributed by atoms with Gasteiger partial charge < -0.3 is 15.3 Å². The lowest BCUT2D eigenvalue weighted by molar-refractivity contribution is 0.187. The van der Waals surface area contributed by atoms with Crippen LogP contribution < -0.4 is 10.2 Å². The van der Waals surface area contributed by atoms with E-state index in [1.165, 1.54) is 11.3 Å². The summed E-state index contributed by atoms with van der Waals surface area (Å²) in [4.78, 5) is 2.20. The number of aliphatic hydroxyl groups is 1. The van der Waals surface area contributed by atoms with Crippen molar-refractivity contribution >= 4 is 21.6 Å². The molecular weight excluding hydrogens is 304 g/mol. The summed E-state index contributed by atoms with van der Waals surface area (Å²) in [7, 11) is 2.07. The fourth-order valence-corrected chi connectivity index (χ4v) is 2.21. The highest BCUT2D eigenvalue weighted by molar-refractivity contribution is 9.10. The topological polar surface area (TPSA) is 35.5 Å². The Bertz CT molecular complexity index is 394. The van der Waals surface area contributed by atoms with Crippen molar-refractivity contribution < 1.29 is 5.11 Å². The summed E-state index contributed by atoms with van der Waals surface area (Å²) < 4.78 is 1.08. The fraction of sp³-hybridized carbons (Fsp3) is 0.600. The molecule has 0 aliphatic rings. The third-order valence-corrected chi connectivity index (χ3v) is 3.53. The molecule has 0 amide bonds. The smallest absolute Gasteiger partial charge is 0.0528 e. The molecule has 0 heterocycles. The van der Waals surface area contributed by atoms with Crippen LogP contribution in [0.15, 0.2) is 22.7 Å². The molecule has 3 nitrogen and oxygen atoms in total. The maximum Gasteiger partial charge on any atom is 0.0528 e. The molecule has 0 saturated heterocycles. The van der Waals surface area contributed by atoms with Crippen molar-refractivity contribution in [2.24, 2.45) is 0 Å². The number of rotatable bonds is 7. The first-order valence-electron chi connectivity index (χ1n) is 6.81. The summed E-state index contributed by atoms with van der Waals surface area (Å²) in [5, 5.41) is 12.8. The number of nitrogens with zero attached hydrogens (tertiary/aromatic N) is 1. The van der Waals surface area contributed by atoms with E-state index < -0.39 is 0 Å². The zero-order chi connectivity index (χ0) is 14.4. The minimum Gasteiger partial charge on any atom is -0.393 e. The molecule has 1 aromatic rings. The lowest BCUT2D eigenvalue weighted by atomic mass is 10.1. The van der Waals surface area contributed by atoms with E-state index in [0.717, 1.165) is 24.0 Å². The van der Waals surface area contributed by atoms with Crippen molar-refractivity contribution in [3.63, 3.8) is 0 Å². The second-order valence-corrected chi connectivity index (χ2v) is 6.28. The number of nitrogens with one attached hydrogen (secondary N) is 1. The Morgan fingerprint density at radius 1 is 1.32 bits per heavy atom. The average molecular weight is 329 g/mol. The molecule has 0 aliphatic carbocycles. The van der Waals surface area contributed by atoms with Gasteiger partial charge in [-0.2, -0.15) is 0 Å². The Balaban J connectivity index is 2.80. The van der Waals surface area contributed by atoms with Crippen LogP contribution in [0.2, 0.25) is 0 Å². The Morgan fingerprint density at radius 3 is 2.58 bits per heavy atom. The SMILES string of the molecule is CC(O)CCN(C)c1cc(Br)ccc1CNC(C)C. The van der Waals surface area contributed by atoms with Gasteiger partial charge in [-0.05, 0) is 31.0 Å². The average Bonchev–Trinajstić information content (AvgIpc) is 2.34. The van der Waals surface area contributed by atoms with Crippen LogP contribution in [0.4, 0.5) is 5.69 Å². The minimum atomic E-state index is -0.258. The van der Waals surface area contributed by atoms with Crippen LogP contribution in [0.5, 0.6) is 0 Å². The molecule has 0 aromatic heterocycles. The highest BCUT2D eigenvalue weighted by Crippen LogP contribution is 2.25. The highest BCUT2D eigenvalue weighted by atomic mass is 79.9. The second kappa shape index (κ2) is 7.88. The first kappa shape index (κ1) is 16.5. The molecule has 4 heteroatoms. The van der Waals surface area contributed by atoms with E-state index >= 15 is 0 Å². The first-order valence-corrected chi connectivity index (χ1v) is 7.60. The molecule has 0 bridgehead atoms. The molecule has 2 N–H and O–H groups in total. The zero-order valence-corrected chi connectivity index (χ0v) is 13.9. The molecule has 19 heavy (non-hydrogen) atoms. The summed E-state index contributed by atoms with van der Waals surface area (Å²) in [6.45, 7) is 7.84. The van der Waals surface area contributed by atoms with E-state index in [9.17, 15) is 5.11 Å². The van der Waals surface area contributed by atoms with Crippen molar-refractivity contribution in [1.82, 2.24) is 5.32 Å². The molecule has 108 valence electrons. The summed E-state index contributed by atoms with van der Waals surface area (Å²) in [6.07, 6.45) is 0.520. The zero-order valence-electron chi connectivity index (χ0n) is 12.3. The van der Waals surface area contributed by atoms with E-state index in [1.807, 2.05) is 6.92 Å². The van der Waals surface area contributed by atoms with Gasteiger partial charge >= 0.3 is 0 Å². The third-order valence-electron chi connectivity index (χ3n) is 3.04. The standard InChI is InChI=1S/C15H25BrN2O/c1-11(2)17-10-13-5-6-14(16)9-15(13)18(4)8-7-12(3)19/h5-6,9,11-12,17,19H,7-8,10H2,1-4H3. The number of halogens is 1. The Labute approximate surface area is 125 Å². The molecule has 1 unspecified atom stereocenters. The van der Waals surface area contributed by atoms with Gasteiger partial charge in [0.15, 0.2) is 0 Å².